The van der Waals surface area contributed by atoms with E-state index in [1.165, 1.54) is 11.3 Å². The predicted molar refractivity (Wildman–Crippen MR) is 82.2 cm³/mol. The van der Waals surface area contributed by atoms with Gasteiger partial charge < -0.3 is 14.8 Å². The third kappa shape index (κ3) is 2.08. The van der Waals surface area contributed by atoms with Gasteiger partial charge in [-0.05, 0) is 41.8 Å². The quantitative estimate of drug-likeness (QED) is 0.927. The average molecular weight is 290 g/mol. The van der Waals surface area contributed by atoms with Crippen molar-refractivity contribution in [3.63, 3.8) is 0 Å². The van der Waals surface area contributed by atoms with E-state index in [9.17, 15) is 0 Å². The van der Waals surface area contributed by atoms with Crippen molar-refractivity contribution in [3.8, 4) is 22.6 Å². The minimum absolute atomic E-state index is 0.506. The Bertz CT molecular complexity index is 655. The van der Waals surface area contributed by atoms with Gasteiger partial charge >= 0.3 is 0 Å². The summed E-state index contributed by atoms with van der Waals surface area (Å²) >= 11 is 6.32. The van der Waals surface area contributed by atoms with Crippen molar-refractivity contribution in [1.82, 2.24) is 0 Å². The van der Waals surface area contributed by atoms with Gasteiger partial charge in [-0.25, -0.2) is 0 Å². The molecule has 1 aliphatic heterocycles. The summed E-state index contributed by atoms with van der Waals surface area (Å²) in [5.74, 6) is 1.27. The van der Waals surface area contributed by atoms with Gasteiger partial charge in [0.1, 0.15) is 16.5 Å². The molecule has 0 spiro atoms. The number of anilines is 1. The molecule has 4 heteroatoms. The van der Waals surface area contributed by atoms with Crippen LogP contribution in [0.25, 0.3) is 11.1 Å². The molecule has 2 aromatic carbocycles. The molecule has 0 bridgehead atoms. The topological polar surface area (TPSA) is 30.5 Å². The first kappa shape index (κ1) is 13.1. The molecule has 0 atom stereocenters. The minimum atomic E-state index is 0.506. The third-order valence-electron chi connectivity index (χ3n) is 3.61. The zero-order valence-electron chi connectivity index (χ0n) is 11.5. The molecule has 0 aliphatic carbocycles. The smallest absolute Gasteiger partial charge is 0.149 e. The van der Waals surface area contributed by atoms with Crippen molar-refractivity contribution in [3.05, 3.63) is 40.9 Å². The molecular formula is C16H16ClNO2. The van der Waals surface area contributed by atoms with E-state index in [1.54, 1.807) is 14.2 Å². The number of fused-ring (bicyclic) bond motifs is 1. The zero-order chi connectivity index (χ0) is 14.1. The summed E-state index contributed by atoms with van der Waals surface area (Å²) in [4.78, 5) is 0. The van der Waals surface area contributed by atoms with Crippen LogP contribution in [0.3, 0.4) is 0 Å². The molecule has 3 rings (SSSR count). The fourth-order valence-electron chi connectivity index (χ4n) is 2.59. The molecule has 0 unspecified atom stereocenters. The Balaban J connectivity index is 2.12. The van der Waals surface area contributed by atoms with Crippen LogP contribution in [0.4, 0.5) is 5.69 Å². The molecule has 0 amide bonds. The molecule has 1 heterocycles. The Morgan fingerprint density at radius 3 is 2.70 bits per heavy atom. The van der Waals surface area contributed by atoms with E-state index in [2.05, 4.69) is 23.5 Å². The second-order valence-electron chi connectivity index (χ2n) is 4.71. The summed E-state index contributed by atoms with van der Waals surface area (Å²) in [5.41, 5.74) is 4.63. The lowest BCUT2D eigenvalue weighted by Crippen LogP contribution is -1.93. The lowest BCUT2D eigenvalue weighted by atomic mass is 10.0. The highest BCUT2D eigenvalue weighted by Gasteiger charge is 2.16. The van der Waals surface area contributed by atoms with Gasteiger partial charge in [-0.2, -0.15) is 0 Å². The first-order valence-corrected chi connectivity index (χ1v) is 6.90. The van der Waals surface area contributed by atoms with Crippen molar-refractivity contribution in [2.24, 2.45) is 0 Å². The van der Waals surface area contributed by atoms with E-state index >= 15 is 0 Å². The third-order valence-corrected chi connectivity index (χ3v) is 3.97. The fraction of sp³-hybridized carbons (Fsp3) is 0.250. The van der Waals surface area contributed by atoms with Gasteiger partial charge in [0.25, 0.3) is 0 Å². The van der Waals surface area contributed by atoms with Gasteiger partial charge in [0.05, 0.1) is 14.2 Å². The molecule has 3 nitrogen and oxygen atoms in total. The Morgan fingerprint density at radius 2 is 1.95 bits per heavy atom. The average Bonchev–Trinajstić information content (AvgIpc) is 2.94. The van der Waals surface area contributed by atoms with E-state index in [4.69, 9.17) is 21.1 Å². The number of halogens is 1. The molecule has 20 heavy (non-hydrogen) atoms. The van der Waals surface area contributed by atoms with Crippen molar-refractivity contribution in [1.29, 1.82) is 0 Å². The van der Waals surface area contributed by atoms with Crippen LogP contribution in [0.2, 0.25) is 5.02 Å². The van der Waals surface area contributed by atoms with Gasteiger partial charge in [0, 0.05) is 17.8 Å². The van der Waals surface area contributed by atoms with Crippen LogP contribution in [0, 0.1) is 0 Å². The number of methoxy groups -OCH3 is 2. The van der Waals surface area contributed by atoms with Crippen molar-refractivity contribution in [2.75, 3.05) is 26.1 Å². The van der Waals surface area contributed by atoms with Gasteiger partial charge in [-0.15, -0.1) is 0 Å². The largest absolute Gasteiger partial charge is 0.495 e. The van der Waals surface area contributed by atoms with E-state index in [-0.39, 0.29) is 0 Å². The molecular weight excluding hydrogens is 274 g/mol. The predicted octanol–water partition coefficient (Wildman–Crippen LogP) is 3.99. The summed E-state index contributed by atoms with van der Waals surface area (Å²) in [6, 6.07) is 10.2. The maximum absolute atomic E-state index is 6.32. The van der Waals surface area contributed by atoms with E-state index in [1.807, 2.05) is 12.1 Å². The molecule has 0 radical (unpaired) electrons. The zero-order valence-corrected chi connectivity index (χ0v) is 12.3. The molecule has 0 saturated heterocycles. The minimum Gasteiger partial charge on any atom is -0.495 e. The van der Waals surface area contributed by atoms with Crippen LogP contribution in [0.15, 0.2) is 30.3 Å². The number of rotatable bonds is 3. The second-order valence-corrected chi connectivity index (χ2v) is 5.09. The Hall–Kier alpha value is -1.87. The van der Waals surface area contributed by atoms with Crippen molar-refractivity contribution < 1.29 is 9.47 Å². The molecule has 104 valence electrons. The molecule has 1 N–H and O–H groups in total. The maximum atomic E-state index is 6.32. The van der Waals surface area contributed by atoms with Crippen LogP contribution in [-0.4, -0.2) is 20.8 Å². The summed E-state index contributed by atoms with van der Waals surface area (Å²) in [6.07, 6.45) is 1.05. The van der Waals surface area contributed by atoms with Crippen LogP contribution < -0.4 is 14.8 Å². The highest BCUT2D eigenvalue weighted by atomic mass is 35.5. The number of hydrogen-bond donors (Lipinski definition) is 1. The molecule has 0 fully saturated rings. The van der Waals surface area contributed by atoms with Gasteiger partial charge in [-0.3, -0.25) is 0 Å². The molecule has 1 aliphatic rings. The number of benzene rings is 2. The Labute approximate surface area is 123 Å². The second kappa shape index (κ2) is 5.25. The molecule has 0 saturated carbocycles. The van der Waals surface area contributed by atoms with E-state index in [0.717, 1.165) is 24.1 Å². The van der Waals surface area contributed by atoms with E-state index < -0.39 is 0 Å². The summed E-state index contributed by atoms with van der Waals surface area (Å²) in [5, 5.41) is 3.87. The monoisotopic (exact) mass is 289 g/mol. The normalized spacial score (nSPS) is 12.8. The van der Waals surface area contributed by atoms with Crippen LogP contribution in [0.5, 0.6) is 11.5 Å². The van der Waals surface area contributed by atoms with Gasteiger partial charge in [0.15, 0.2) is 0 Å². The summed E-state index contributed by atoms with van der Waals surface area (Å²) in [6.45, 7) is 0.999. The first-order valence-electron chi connectivity index (χ1n) is 6.52. The first-order chi connectivity index (χ1) is 9.74. The standard InChI is InChI=1S/C16H16ClNO2/c1-19-14-6-4-12(16(20-2)15(14)17)10-3-5-13-11(9-10)7-8-18-13/h3-6,9,18H,7-8H2,1-2H3. The number of ether oxygens (including phenoxy) is 2. The molecule has 0 aromatic heterocycles. The summed E-state index contributed by atoms with van der Waals surface area (Å²) < 4.78 is 10.7. The van der Waals surface area contributed by atoms with Crippen LogP contribution in [0.1, 0.15) is 5.56 Å². The lowest BCUT2D eigenvalue weighted by Gasteiger charge is -2.14. The van der Waals surface area contributed by atoms with E-state index in [0.29, 0.717) is 16.5 Å². The highest BCUT2D eigenvalue weighted by molar-refractivity contribution is 6.34. The maximum Gasteiger partial charge on any atom is 0.149 e. The molecule has 2 aromatic rings. The van der Waals surface area contributed by atoms with Crippen molar-refractivity contribution >= 4 is 17.3 Å². The summed E-state index contributed by atoms with van der Waals surface area (Å²) in [7, 11) is 3.22. The van der Waals surface area contributed by atoms with Crippen LogP contribution >= 0.6 is 11.6 Å². The van der Waals surface area contributed by atoms with Gasteiger partial charge in [0.2, 0.25) is 0 Å². The highest BCUT2D eigenvalue weighted by Crippen LogP contribution is 2.42. The van der Waals surface area contributed by atoms with Crippen molar-refractivity contribution in [2.45, 2.75) is 6.42 Å². The fourth-order valence-corrected chi connectivity index (χ4v) is 2.91. The lowest BCUT2D eigenvalue weighted by molar-refractivity contribution is 0.396. The number of hydrogen-bond acceptors (Lipinski definition) is 3. The number of nitrogens with one attached hydrogen (secondary N) is 1. The Kier molecular flexibility index (Phi) is 3.45. The Morgan fingerprint density at radius 1 is 1.10 bits per heavy atom. The van der Waals surface area contributed by atoms with Gasteiger partial charge in [-0.1, -0.05) is 17.7 Å². The SMILES string of the molecule is COc1ccc(-c2ccc3c(c2)CCN3)c(OC)c1Cl. The van der Waals surface area contributed by atoms with Crippen LogP contribution in [-0.2, 0) is 6.42 Å².